The molecule has 0 spiro atoms. The summed E-state index contributed by atoms with van der Waals surface area (Å²) in [6, 6.07) is 0. The molecule has 4 heteroatoms. The summed E-state index contributed by atoms with van der Waals surface area (Å²) in [5, 5.41) is 2.49. The minimum Gasteiger partial charge on any atom is -0.447 e. The van der Waals surface area contributed by atoms with E-state index in [9.17, 15) is 4.79 Å². The van der Waals surface area contributed by atoms with Crippen molar-refractivity contribution in [2.75, 3.05) is 26.9 Å². The molecule has 0 aliphatic rings. The van der Waals surface area contributed by atoms with Crippen LogP contribution in [0.5, 0.6) is 0 Å². The van der Waals surface area contributed by atoms with Crippen molar-refractivity contribution in [3.05, 3.63) is 0 Å². The third kappa shape index (κ3) is 5.37. The number of amides is 1. The number of methoxy groups -OCH3 is 1. The largest absolute Gasteiger partial charge is 0.447 e. The van der Waals surface area contributed by atoms with E-state index in [4.69, 9.17) is 0 Å². The van der Waals surface area contributed by atoms with Crippen LogP contribution in [0.4, 0.5) is 4.79 Å². The Balaban J connectivity index is 3.05. The van der Waals surface area contributed by atoms with Gasteiger partial charge in [0.1, 0.15) is 6.61 Å². The Kier molecular flexibility index (Phi) is 5.86. The normalized spacial score (nSPS) is 9.00. The van der Waals surface area contributed by atoms with Gasteiger partial charge in [-0.15, -0.1) is 0 Å². The lowest BCUT2D eigenvalue weighted by Crippen LogP contribution is -2.24. The van der Waals surface area contributed by atoms with E-state index in [1.54, 1.807) is 7.11 Å². The highest BCUT2D eigenvalue weighted by molar-refractivity contribution is 5.66. The molecular weight excluding hydrogens is 134 g/mol. The van der Waals surface area contributed by atoms with Gasteiger partial charge in [0, 0.05) is 13.7 Å². The number of carbonyl (C=O) groups is 1. The summed E-state index contributed by atoms with van der Waals surface area (Å²) in [5.41, 5.74) is 0. The molecule has 0 bridgehead atoms. The highest BCUT2D eigenvalue weighted by Gasteiger charge is 1.96. The van der Waals surface area contributed by atoms with E-state index in [0.29, 0.717) is 19.8 Å². The van der Waals surface area contributed by atoms with Crippen molar-refractivity contribution in [3.63, 3.8) is 0 Å². The van der Waals surface area contributed by atoms with Crippen LogP contribution in [0, 0.1) is 0 Å². The van der Waals surface area contributed by atoms with Crippen molar-refractivity contribution >= 4 is 6.09 Å². The highest BCUT2D eigenvalue weighted by atomic mass is 16.6. The maximum Gasteiger partial charge on any atom is 0.407 e. The molecule has 0 heterocycles. The SMILES string of the molecule is CCNC(=O)OCCOC. The first-order chi connectivity index (χ1) is 4.81. The van der Waals surface area contributed by atoms with Gasteiger partial charge in [0.25, 0.3) is 0 Å². The van der Waals surface area contributed by atoms with Gasteiger partial charge < -0.3 is 14.8 Å². The van der Waals surface area contributed by atoms with E-state index in [1.165, 1.54) is 0 Å². The summed E-state index contributed by atoms with van der Waals surface area (Å²) < 4.78 is 9.31. The van der Waals surface area contributed by atoms with Crippen LogP contribution in [0.25, 0.3) is 0 Å². The number of carbonyl (C=O) groups excluding carboxylic acids is 1. The molecule has 0 rings (SSSR count). The van der Waals surface area contributed by atoms with Crippen LogP contribution in [0.2, 0.25) is 0 Å². The Morgan fingerprint density at radius 1 is 1.50 bits per heavy atom. The summed E-state index contributed by atoms with van der Waals surface area (Å²) in [6.07, 6.45) is -0.389. The van der Waals surface area contributed by atoms with Crippen LogP contribution < -0.4 is 5.32 Å². The van der Waals surface area contributed by atoms with Crippen molar-refractivity contribution in [1.29, 1.82) is 0 Å². The topological polar surface area (TPSA) is 47.6 Å². The van der Waals surface area contributed by atoms with Crippen molar-refractivity contribution in [2.45, 2.75) is 6.92 Å². The van der Waals surface area contributed by atoms with Crippen molar-refractivity contribution in [3.8, 4) is 0 Å². The monoisotopic (exact) mass is 147 g/mol. The molecule has 0 saturated carbocycles. The molecule has 0 aromatic rings. The van der Waals surface area contributed by atoms with E-state index in [-0.39, 0.29) is 6.09 Å². The predicted molar refractivity (Wildman–Crippen MR) is 36.9 cm³/mol. The number of hydrogen-bond acceptors (Lipinski definition) is 3. The molecular formula is C6H13NO3. The van der Waals surface area contributed by atoms with Gasteiger partial charge in [-0.05, 0) is 6.92 Å². The summed E-state index contributed by atoms with van der Waals surface area (Å²) >= 11 is 0. The van der Waals surface area contributed by atoms with Gasteiger partial charge in [0.15, 0.2) is 0 Å². The summed E-state index contributed by atoms with van der Waals surface area (Å²) in [4.78, 5) is 10.5. The molecule has 0 fully saturated rings. The van der Waals surface area contributed by atoms with E-state index < -0.39 is 0 Å². The van der Waals surface area contributed by atoms with Crippen LogP contribution in [-0.4, -0.2) is 33.0 Å². The first kappa shape index (κ1) is 9.23. The van der Waals surface area contributed by atoms with E-state index >= 15 is 0 Å². The van der Waals surface area contributed by atoms with Gasteiger partial charge in [-0.1, -0.05) is 0 Å². The number of nitrogens with one attached hydrogen (secondary N) is 1. The molecule has 10 heavy (non-hydrogen) atoms. The van der Waals surface area contributed by atoms with Gasteiger partial charge in [-0.2, -0.15) is 0 Å². The second-order valence-electron chi connectivity index (χ2n) is 1.66. The van der Waals surface area contributed by atoms with Crippen LogP contribution in [0.1, 0.15) is 6.92 Å². The average molecular weight is 147 g/mol. The fraction of sp³-hybridized carbons (Fsp3) is 0.833. The van der Waals surface area contributed by atoms with Gasteiger partial charge in [0.05, 0.1) is 6.61 Å². The van der Waals surface area contributed by atoms with Crippen molar-refractivity contribution < 1.29 is 14.3 Å². The molecule has 0 aliphatic carbocycles. The van der Waals surface area contributed by atoms with Gasteiger partial charge in [-0.3, -0.25) is 0 Å². The van der Waals surface area contributed by atoms with Crippen LogP contribution in [0.3, 0.4) is 0 Å². The minimum absolute atomic E-state index is 0.308. The van der Waals surface area contributed by atoms with E-state index in [2.05, 4.69) is 14.8 Å². The first-order valence-electron chi connectivity index (χ1n) is 3.20. The lowest BCUT2D eigenvalue weighted by Gasteiger charge is -2.02. The first-order valence-corrected chi connectivity index (χ1v) is 3.20. The fourth-order valence-electron chi connectivity index (χ4n) is 0.413. The quantitative estimate of drug-likeness (QED) is 0.585. The lowest BCUT2D eigenvalue weighted by atomic mass is 10.7. The average Bonchev–Trinajstić information content (AvgIpc) is 1.89. The number of alkyl carbamates (subject to hydrolysis) is 1. The Labute approximate surface area is 60.5 Å². The Morgan fingerprint density at radius 3 is 2.70 bits per heavy atom. The molecule has 0 aliphatic heterocycles. The molecule has 0 radical (unpaired) electrons. The smallest absolute Gasteiger partial charge is 0.407 e. The second kappa shape index (κ2) is 6.35. The number of ether oxygens (including phenoxy) is 2. The zero-order chi connectivity index (χ0) is 7.82. The zero-order valence-corrected chi connectivity index (χ0v) is 6.35. The van der Waals surface area contributed by atoms with E-state index in [0.717, 1.165) is 0 Å². The molecule has 60 valence electrons. The van der Waals surface area contributed by atoms with E-state index in [1.807, 2.05) is 6.92 Å². The van der Waals surface area contributed by atoms with Crippen molar-refractivity contribution in [2.24, 2.45) is 0 Å². The summed E-state index contributed by atoms with van der Waals surface area (Å²) in [7, 11) is 1.56. The molecule has 0 aromatic heterocycles. The maximum atomic E-state index is 10.5. The highest BCUT2D eigenvalue weighted by Crippen LogP contribution is 1.76. The second-order valence-corrected chi connectivity index (χ2v) is 1.66. The van der Waals surface area contributed by atoms with Gasteiger partial charge in [0.2, 0.25) is 0 Å². The zero-order valence-electron chi connectivity index (χ0n) is 6.35. The van der Waals surface area contributed by atoms with Crippen LogP contribution in [0.15, 0.2) is 0 Å². The molecule has 4 nitrogen and oxygen atoms in total. The lowest BCUT2D eigenvalue weighted by molar-refractivity contribution is 0.0989. The molecule has 1 amide bonds. The summed E-state index contributed by atoms with van der Waals surface area (Å²) in [5.74, 6) is 0. The summed E-state index contributed by atoms with van der Waals surface area (Å²) in [6.45, 7) is 3.17. The molecule has 0 aromatic carbocycles. The maximum absolute atomic E-state index is 10.5. The van der Waals surface area contributed by atoms with Crippen molar-refractivity contribution in [1.82, 2.24) is 5.32 Å². The number of hydrogen-bond donors (Lipinski definition) is 1. The fourth-order valence-corrected chi connectivity index (χ4v) is 0.413. The Hall–Kier alpha value is -0.770. The standard InChI is InChI=1S/C6H13NO3/c1-3-7-6(8)10-5-4-9-2/h3-5H2,1-2H3,(H,7,8). The number of rotatable bonds is 4. The molecule has 0 atom stereocenters. The third-order valence-corrected chi connectivity index (χ3v) is 0.842. The molecule has 0 saturated heterocycles. The minimum atomic E-state index is -0.389. The Bertz CT molecular complexity index is 95.0. The molecule has 0 unspecified atom stereocenters. The third-order valence-electron chi connectivity index (χ3n) is 0.842. The predicted octanol–water partition coefficient (Wildman–Crippen LogP) is 0.379. The van der Waals surface area contributed by atoms with Crippen LogP contribution >= 0.6 is 0 Å². The molecule has 1 N–H and O–H groups in total. The van der Waals surface area contributed by atoms with Gasteiger partial charge in [-0.25, -0.2) is 4.79 Å². The van der Waals surface area contributed by atoms with Gasteiger partial charge >= 0.3 is 6.09 Å². The van der Waals surface area contributed by atoms with Crippen LogP contribution in [-0.2, 0) is 9.47 Å². The Morgan fingerprint density at radius 2 is 2.20 bits per heavy atom.